The van der Waals surface area contributed by atoms with E-state index in [4.69, 9.17) is 10.1 Å². The zero-order chi connectivity index (χ0) is 13.0. The van der Waals surface area contributed by atoms with E-state index in [0.29, 0.717) is 17.7 Å². The maximum atomic E-state index is 12.7. The molecule has 2 rings (SSSR count). The molecule has 1 aromatic carbocycles. The minimum absolute atomic E-state index is 0.129. The standard InChI is InChI=1S/C13H9FN2O2/c14-9-1-3-10(4-2-9)18-11-5-6-16-12(7-11)13(17)8-15/h1-8,15H. The molecule has 0 amide bonds. The number of Topliss-reactive ketones (excluding diaryl/α,β-unsaturated/α-hetero) is 1. The molecule has 0 aliphatic heterocycles. The maximum Gasteiger partial charge on any atom is 0.221 e. The van der Waals surface area contributed by atoms with Crippen LogP contribution in [-0.2, 0) is 0 Å². The van der Waals surface area contributed by atoms with E-state index in [-0.39, 0.29) is 11.5 Å². The first kappa shape index (κ1) is 11.9. The highest BCUT2D eigenvalue weighted by Gasteiger charge is 2.06. The van der Waals surface area contributed by atoms with Crippen molar-refractivity contribution in [3.8, 4) is 11.5 Å². The Bertz CT molecular complexity index is 582. The first-order chi connectivity index (χ1) is 8.69. The molecule has 1 aromatic heterocycles. The molecular formula is C13H9FN2O2. The molecule has 0 saturated heterocycles. The molecule has 0 atom stereocenters. The number of carbonyl (C=O) groups is 1. The van der Waals surface area contributed by atoms with E-state index in [1.807, 2.05) is 0 Å². The van der Waals surface area contributed by atoms with Gasteiger partial charge in [-0.15, -0.1) is 0 Å². The number of ketones is 1. The van der Waals surface area contributed by atoms with E-state index < -0.39 is 5.78 Å². The third kappa shape index (κ3) is 2.76. The smallest absolute Gasteiger partial charge is 0.221 e. The molecular weight excluding hydrogens is 235 g/mol. The zero-order valence-electron chi connectivity index (χ0n) is 9.26. The van der Waals surface area contributed by atoms with Crippen molar-refractivity contribution in [1.29, 1.82) is 5.41 Å². The van der Waals surface area contributed by atoms with E-state index in [2.05, 4.69) is 4.98 Å². The molecule has 0 fully saturated rings. The highest BCUT2D eigenvalue weighted by Crippen LogP contribution is 2.21. The molecule has 0 radical (unpaired) electrons. The van der Waals surface area contributed by atoms with Crippen LogP contribution in [0.2, 0.25) is 0 Å². The molecule has 18 heavy (non-hydrogen) atoms. The zero-order valence-corrected chi connectivity index (χ0v) is 9.26. The van der Waals surface area contributed by atoms with Gasteiger partial charge in [0, 0.05) is 12.3 Å². The normalized spacial score (nSPS) is 9.83. The second-order valence-corrected chi connectivity index (χ2v) is 3.44. The number of benzene rings is 1. The summed E-state index contributed by atoms with van der Waals surface area (Å²) in [5.74, 6) is 0.00830. The number of nitrogens with zero attached hydrogens (tertiary/aromatic N) is 1. The third-order valence-corrected chi connectivity index (χ3v) is 2.16. The number of hydrogen-bond acceptors (Lipinski definition) is 4. The van der Waals surface area contributed by atoms with Crippen molar-refractivity contribution < 1.29 is 13.9 Å². The van der Waals surface area contributed by atoms with Gasteiger partial charge in [-0.3, -0.25) is 9.78 Å². The summed E-state index contributed by atoms with van der Waals surface area (Å²) < 4.78 is 18.1. The van der Waals surface area contributed by atoms with Gasteiger partial charge >= 0.3 is 0 Å². The lowest BCUT2D eigenvalue weighted by molar-refractivity contribution is 0.106. The van der Waals surface area contributed by atoms with Crippen molar-refractivity contribution >= 4 is 12.0 Å². The van der Waals surface area contributed by atoms with Gasteiger partial charge in [-0.2, -0.15) is 0 Å². The average Bonchev–Trinajstić information content (AvgIpc) is 2.41. The molecule has 0 aliphatic carbocycles. The fourth-order valence-corrected chi connectivity index (χ4v) is 1.32. The summed E-state index contributed by atoms with van der Waals surface area (Å²) in [7, 11) is 0. The summed E-state index contributed by atoms with van der Waals surface area (Å²) in [4.78, 5) is 15.1. The van der Waals surface area contributed by atoms with Gasteiger partial charge in [0.05, 0.1) is 6.21 Å². The molecule has 2 aromatic rings. The Morgan fingerprint density at radius 1 is 1.22 bits per heavy atom. The fourth-order valence-electron chi connectivity index (χ4n) is 1.32. The summed E-state index contributed by atoms with van der Waals surface area (Å²) in [5, 5.41) is 6.86. The van der Waals surface area contributed by atoms with Crippen LogP contribution in [0.3, 0.4) is 0 Å². The lowest BCUT2D eigenvalue weighted by Gasteiger charge is -2.05. The van der Waals surface area contributed by atoms with Crippen LogP contribution in [0.4, 0.5) is 4.39 Å². The Balaban J connectivity index is 2.21. The number of rotatable bonds is 4. The van der Waals surface area contributed by atoms with Crippen molar-refractivity contribution in [2.45, 2.75) is 0 Å². The monoisotopic (exact) mass is 244 g/mol. The summed E-state index contributed by atoms with van der Waals surface area (Å²) in [6.07, 6.45) is 2.10. The van der Waals surface area contributed by atoms with Crippen molar-refractivity contribution in [3.05, 3.63) is 54.1 Å². The van der Waals surface area contributed by atoms with E-state index >= 15 is 0 Å². The number of pyridine rings is 1. The van der Waals surface area contributed by atoms with Crippen LogP contribution in [0.5, 0.6) is 11.5 Å². The minimum atomic E-state index is -0.500. The Labute approximate surface area is 103 Å². The largest absolute Gasteiger partial charge is 0.457 e. The second kappa shape index (κ2) is 5.18. The first-order valence-electron chi connectivity index (χ1n) is 5.13. The Morgan fingerprint density at radius 3 is 2.61 bits per heavy atom. The van der Waals surface area contributed by atoms with Gasteiger partial charge in [-0.25, -0.2) is 4.39 Å². The quantitative estimate of drug-likeness (QED) is 0.664. The fraction of sp³-hybridized carbons (Fsp3) is 0. The lowest BCUT2D eigenvalue weighted by Crippen LogP contribution is -2.02. The van der Waals surface area contributed by atoms with Crippen LogP contribution in [-0.4, -0.2) is 17.0 Å². The minimum Gasteiger partial charge on any atom is -0.457 e. The molecule has 5 heteroatoms. The van der Waals surface area contributed by atoms with Crippen LogP contribution in [0, 0.1) is 11.2 Å². The van der Waals surface area contributed by atoms with Crippen LogP contribution >= 0.6 is 0 Å². The molecule has 0 aliphatic rings. The van der Waals surface area contributed by atoms with Gasteiger partial charge in [0.15, 0.2) is 0 Å². The van der Waals surface area contributed by atoms with Crippen molar-refractivity contribution in [3.63, 3.8) is 0 Å². The van der Waals surface area contributed by atoms with Gasteiger partial charge < -0.3 is 10.1 Å². The van der Waals surface area contributed by atoms with Crippen molar-refractivity contribution in [2.24, 2.45) is 0 Å². The van der Waals surface area contributed by atoms with Crippen LogP contribution in [0.15, 0.2) is 42.6 Å². The highest BCUT2D eigenvalue weighted by molar-refractivity contribution is 6.33. The second-order valence-electron chi connectivity index (χ2n) is 3.44. The van der Waals surface area contributed by atoms with Crippen LogP contribution in [0.1, 0.15) is 10.5 Å². The van der Waals surface area contributed by atoms with Crippen LogP contribution in [0.25, 0.3) is 0 Å². The topological polar surface area (TPSA) is 63.0 Å². The molecule has 0 spiro atoms. The number of ether oxygens (including phenoxy) is 1. The molecule has 90 valence electrons. The number of aromatic nitrogens is 1. The number of halogens is 1. The Hall–Kier alpha value is -2.56. The summed E-state index contributed by atoms with van der Waals surface area (Å²) >= 11 is 0. The molecule has 1 N–H and O–H groups in total. The van der Waals surface area contributed by atoms with E-state index in [1.54, 1.807) is 6.07 Å². The predicted molar refractivity (Wildman–Crippen MR) is 63.8 cm³/mol. The number of nitrogens with one attached hydrogen (secondary N) is 1. The predicted octanol–water partition coefficient (Wildman–Crippen LogP) is 2.85. The summed E-state index contributed by atoms with van der Waals surface area (Å²) in [5.41, 5.74) is 0.129. The van der Waals surface area contributed by atoms with Crippen LogP contribution < -0.4 is 4.74 Å². The highest BCUT2D eigenvalue weighted by atomic mass is 19.1. The molecule has 0 bridgehead atoms. The molecule has 0 unspecified atom stereocenters. The third-order valence-electron chi connectivity index (χ3n) is 2.16. The van der Waals surface area contributed by atoms with E-state index in [1.165, 1.54) is 36.5 Å². The molecule has 0 saturated carbocycles. The van der Waals surface area contributed by atoms with Gasteiger partial charge in [-0.1, -0.05) is 0 Å². The van der Waals surface area contributed by atoms with Gasteiger partial charge in [-0.05, 0) is 30.3 Å². The first-order valence-corrected chi connectivity index (χ1v) is 5.13. The van der Waals surface area contributed by atoms with E-state index in [0.717, 1.165) is 0 Å². The summed E-state index contributed by atoms with van der Waals surface area (Å²) in [6.45, 7) is 0. The molecule has 1 heterocycles. The molecule has 4 nitrogen and oxygen atoms in total. The van der Waals surface area contributed by atoms with Gasteiger partial charge in [0.1, 0.15) is 23.0 Å². The summed E-state index contributed by atoms with van der Waals surface area (Å²) in [6, 6.07) is 8.52. The van der Waals surface area contributed by atoms with Crippen molar-refractivity contribution in [1.82, 2.24) is 4.98 Å². The number of carbonyl (C=O) groups excluding carboxylic acids is 1. The Kier molecular flexibility index (Phi) is 3.43. The lowest BCUT2D eigenvalue weighted by atomic mass is 10.2. The number of hydrogen-bond donors (Lipinski definition) is 1. The SMILES string of the molecule is N=CC(=O)c1cc(Oc2ccc(F)cc2)ccn1. The van der Waals surface area contributed by atoms with Gasteiger partial charge in [0.2, 0.25) is 5.78 Å². The maximum absolute atomic E-state index is 12.7. The average molecular weight is 244 g/mol. The van der Waals surface area contributed by atoms with Crippen molar-refractivity contribution in [2.75, 3.05) is 0 Å². The Morgan fingerprint density at radius 2 is 1.94 bits per heavy atom. The van der Waals surface area contributed by atoms with E-state index in [9.17, 15) is 9.18 Å². The van der Waals surface area contributed by atoms with Gasteiger partial charge in [0.25, 0.3) is 0 Å².